The molecule has 4 heterocycles. The highest BCUT2D eigenvalue weighted by Crippen LogP contribution is 2.44. The van der Waals surface area contributed by atoms with Gasteiger partial charge in [-0.2, -0.15) is 0 Å². The van der Waals surface area contributed by atoms with Crippen LogP contribution >= 0.6 is 0 Å². The molecule has 12 aromatic rings. The van der Waals surface area contributed by atoms with Crippen molar-refractivity contribution in [2.24, 2.45) is 0 Å². The van der Waals surface area contributed by atoms with Gasteiger partial charge in [-0.1, -0.05) is 103 Å². The maximum atomic E-state index is 6.47. The third-order valence-electron chi connectivity index (χ3n) is 10.8. The Morgan fingerprint density at radius 3 is 1.25 bits per heavy atom. The van der Waals surface area contributed by atoms with E-state index < -0.39 is 0 Å². The van der Waals surface area contributed by atoms with Crippen molar-refractivity contribution in [2.45, 2.75) is 0 Å². The first-order chi connectivity index (χ1) is 25.8. The molecule has 0 fully saturated rings. The molecule has 0 aliphatic carbocycles. The molecule has 0 bridgehead atoms. The Morgan fingerprint density at radius 1 is 0.288 bits per heavy atom. The van der Waals surface area contributed by atoms with Gasteiger partial charge in [0, 0.05) is 66.0 Å². The predicted octanol–water partition coefficient (Wildman–Crippen LogP) is 13.8. The lowest BCUT2D eigenvalue weighted by atomic mass is 9.98. The van der Waals surface area contributed by atoms with E-state index in [0.29, 0.717) is 0 Å². The average Bonchev–Trinajstić information content (AvgIpc) is 3.95. The molecule has 4 heteroatoms. The lowest BCUT2D eigenvalue weighted by Gasteiger charge is -2.14. The summed E-state index contributed by atoms with van der Waals surface area (Å²) in [5, 5.41) is 9.05. The van der Waals surface area contributed by atoms with Crippen molar-refractivity contribution < 1.29 is 13.3 Å². The van der Waals surface area contributed by atoms with Crippen LogP contribution in [0.25, 0.3) is 116 Å². The Labute approximate surface area is 296 Å². The lowest BCUT2D eigenvalue weighted by Crippen LogP contribution is -1.97. The van der Waals surface area contributed by atoms with Crippen LogP contribution in [0.4, 0.5) is 0 Å². The number of hydrogen-bond acceptors (Lipinski definition) is 3. The molecule has 0 atom stereocenters. The zero-order valence-corrected chi connectivity index (χ0v) is 27.8. The Hall–Kier alpha value is -7.04. The average molecular weight is 666 g/mol. The largest absolute Gasteiger partial charge is 0.456 e. The maximum absolute atomic E-state index is 6.47. The van der Waals surface area contributed by atoms with Crippen molar-refractivity contribution in [1.82, 2.24) is 4.57 Å². The van der Waals surface area contributed by atoms with Crippen LogP contribution in [0.1, 0.15) is 0 Å². The minimum absolute atomic E-state index is 0.862. The number of rotatable bonds is 3. The number of furan rings is 3. The van der Waals surface area contributed by atoms with E-state index in [1.165, 1.54) is 10.8 Å². The molecule has 242 valence electrons. The van der Waals surface area contributed by atoms with Gasteiger partial charge < -0.3 is 17.8 Å². The van der Waals surface area contributed by atoms with Crippen LogP contribution in [-0.4, -0.2) is 4.57 Å². The number of nitrogens with zero attached hydrogens (tertiary/aromatic N) is 1. The standard InChI is InChI=1S/C48H27NO3/c1-4-16-41-33(9-1)36-22-21-30(27-46(36)52-41)49-47-31(28-19-23-44-39(25-28)34-10-2-5-17-42(34)50-44)12-7-14-37(47)38-15-8-13-32(48(38)49)29-20-24-45-40(26-29)35-11-3-6-18-43(35)51-45/h1-27H. The van der Waals surface area contributed by atoms with Crippen molar-refractivity contribution in [2.75, 3.05) is 0 Å². The van der Waals surface area contributed by atoms with Gasteiger partial charge in [0.1, 0.15) is 33.5 Å². The quantitative estimate of drug-likeness (QED) is 0.189. The zero-order valence-electron chi connectivity index (χ0n) is 27.8. The number of fused-ring (bicyclic) bond motifs is 12. The van der Waals surface area contributed by atoms with Crippen molar-refractivity contribution in [1.29, 1.82) is 0 Å². The lowest BCUT2D eigenvalue weighted by molar-refractivity contribution is 0.668. The summed E-state index contributed by atoms with van der Waals surface area (Å²) in [7, 11) is 0. The van der Waals surface area contributed by atoms with Crippen LogP contribution in [0.5, 0.6) is 0 Å². The third kappa shape index (κ3) is 3.81. The van der Waals surface area contributed by atoms with Gasteiger partial charge in [0.15, 0.2) is 0 Å². The minimum Gasteiger partial charge on any atom is -0.456 e. The predicted molar refractivity (Wildman–Crippen MR) is 213 cm³/mol. The van der Waals surface area contributed by atoms with Gasteiger partial charge in [-0.15, -0.1) is 0 Å². The summed E-state index contributed by atoms with van der Waals surface area (Å²) in [5.74, 6) is 0. The molecule has 0 amide bonds. The fraction of sp³-hybridized carbons (Fsp3) is 0. The van der Waals surface area contributed by atoms with Crippen molar-refractivity contribution >= 4 is 87.6 Å². The Kier molecular flexibility index (Phi) is 5.47. The molecule has 0 spiro atoms. The highest BCUT2D eigenvalue weighted by molar-refractivity contribution is 6.19. The molecule has 52 heavy (non-hydrogen) atoms. The summed E-state index contributed by atoms with van der Waals surface area (Å²) < 4.78 is 21.4. The molecular formula is C48H27NO3. The Balaban J connectivity index is 1.20. The molecule has 0 unspecified atom stereocenters. The smallest absolute Gasteiger partial charge is 0.137 e. The van der Waals surface area contributed by atoms with E-state index in [9.17, 15) is 0 Å². The van der Waals surface area contributed by atoms with Crippen LogP contribution in [0, 0.1) is 0 Å². The molecule has 4 aromatic heterocycles. The van der Waals surface area contributed by atoms with Gasteiger partial charge in [-0.05, 0) is 65.7 Å². The Morgan fingerprint density at radius 2 is 0.712 bits per heavy atom. The first-order valence-corrected chi connectivity index (χ1v) is 17.6. The number of hydrogen-bond donors (Lipinski definition) is 0. The monoisotopic (exact) mass is 665 g/mol. The molecule has 8 aromatic carbocycles. The molecule has 0 aliphatic heterocycles. The molecule has 0 saturated heterocycles. The fourth-order valence-corrected chi connectivity index (χ4v) is 8.48. The summed E-state index contributed by atoms with van der Waals surface area (Å²) in [6.07, 6.45) is 0. The van der Waals surface area contributed by atoms with Crippen LogP contribution in [-0.2, 0) is 0 Å². The summed E-state index contributed by atoms with van der Waals surface area (Å²) in [4.78, 5) is 0. The second kappa shape index (κ2) is 10.3. The maximum Gasteiger partial charge on any atom is 0.137 e. The second-order valence-corrected chi connectivity index (χ2v) is 13.6. The van der Waals surface area contributed by atoms with E-state index in [1.54, 1.807) is 0 Å². The number of aromatic nitrogens is 1. The highest BCUT2D eigenvalue weighted by Gasteiger charge is 2.22. The molecule has 0 saturated carbocycles. The zero-order chi connectivity index (χ0) is 33.9. The van der Waals surface area contributed by atoms with Gasteiger partial charge >= 0.3 is 0 Å². The molecular weight excluding hydrogens is 639 g/mol. The van der Waals surface area contributed by atoms with Gasteiger partial charge in [0.2, 0.25) is 0 Å². The van der Waals surface area contributed by atoms with Crippen LogP contribution in [0.2, 0.25) is 0 Å². The van der Waals surface area contributed by atoms with Gasteiger partial charge in [-0.3, -0.25) is 0 Å². The van der Waals surface area contributed by atoms with Crippen molar-refractivity contribution in [3.05, 3.63) is 164 Å². The van der Waals surface area contributed by atoms with Crippen LogP contribution < -0.4 is 0 Å². The summed E-state index contributed by atoms with van der Waals surface area (Å²) in [6, 6.07) is 57.9. The van der Waals surface area contributed by atoms with E-state index in [-0.39, 0.29) is 0 Å². The topological polar surface area (TPSA) is 44.4 Å². The summed E-state index contributed by atoms with van der Waals surface area (Å²) in [5.41, 5.74) is 13.2. The molecule has 12 rings (SSSR count). The fourth-order valence-electron chi connectivity index (χ4n) is 8.48. The van der Waals surface area contributed by atoms with Crippen molar-refractivity contribution in [3.63, 3.8) is 0 Å². The SMILES string of the molecule is c1ccc2c(c1)oc1cc(-n3c4c(-c5ccc6oc7ccccc7c6c5)cccc4c4cccc(-c5ccc6oc7ccccc7c6c5)c43)ccc12. The third-order valence-corrected chi connectivity index (χ3v) is 10.8. The molecule has 0 N–H and O–H groups in total. The highest BCUT2D eigenvalue weighted by atomic mass is 16.3. The number of para-hydroxylation sites is 5. The van der Waals surface area contributed by atoms with Crippen LogP contribution in [0.3, 0.4) is 0 Å². The molecule has 0 aliphatic rings. The van der Waals surface area contributed by atoms with Gasteiger partial charge in [0.05, 0.1) is 11.0 Å². The minimum atomic E-state index is 0.862. The van der Waals surface area contributed by atoms with E-state index in [0.717, 1.165) is 105 Å². The van der Waals surface area contributed by atoms with E-state index in [1.807, 2.05) is 36.4 Å². The molecule has 0 radical (unpaired) electrons. The second-order valence-electron chi connectivity index (χ2n) is 13.6. The van der Waals surface area contributed by atoms with Crippen LogP contribution in [0.15, 0.2) is 177 Å². The summed E-state index contributed by atoms with van der Waals surface area (Å²) >= 11 is 0. The first kappa shape index (κ1) is 27.7. The van der Waals surface area contributed by atoms with E-state index in [4.69, 9.17) is 13.3 Å². The van der Waals surface area contributed by atoms with Gasteiger partial charge in [0.25, 0.3) is 0 Å². The summed E-state index contributed by atoms with van der Waals surface area (Å²) in [6.45, 7) is 0. The van der Waals surface area contributed by atoms with E-state index >= 15 is 0 Å². The van der Waals surface area contributed by atoms with Gasteiger partial charge in [-0.25, -0.2) is 0 Å². The number of benzene rings is 8. The van der Waals surface area contributed by atoms with E-state index in [2.05, 4.69) is 132 Å². The first-order valence-electron chi connectivity index (χ1n) is 17.6. The molecule has 4 nitrogen and oxygen atoms in total. The van der Waals surface area contributed by atoms with Crippen molar-refractivity contribution in [3.8, 4) is 27.9 Å². The normalized spacial score (nSPS) is 12.2. The Bertz CT molecular complexity index is 3250.